The Morgan fingerprint density at radius 2 is 2.00 bits per heavy atom. The van der Waals surface area contributed by atoms with Crippen LogP contribution in [-0.4, -0.2) is 6.21 Å². The second-order valence-corrected chi connectivity index (χ2v) is 3.34. The van der Waals surface area contributed by atoms with Crippen LogP contribution in [0, 0.1) is 5.41 Å². The summed E-state index contributed by atoms with van der Waals surface area (Å²) in [4.78, 5) is 0. The highest BCUT2D eigenvalue weighted by Crippen LogP contribution is 2.23. The first kappa shape index (κ1) is 9.97. The molecule has 0 heterocycles. The second kappa shape index (κ2) is 5.52. The van der Waals surface area contributed by atoms with Gasteiger partial charge in [-0.1, -0.05) is 43.7 Å². The van der Waals surface area contributed by atoms with Crippen LogP contribution in [0.5, 0.6) is 0 Å². The first-order chi connectivity index (χ1) is 6.38. The van der Waals surface area contributed by atoms with Crippen LogP contribution in [0.1, 0.15) is 37.7 Å². The fraction of sp³-hybridized carbons (Fsp3) is 0.417. The molecule has 0 radical (unpaired) electrons. The van der Waals surface area contributed by atoms with Crippen molar-refractivity contribution in [3.8, 4) is 0 Å². The van der Waals surface area contributed by atoms with Gasteiger partial charge >= 0.3 is 0 Å². The molecule has 1 nitrogen and oxygen atoms in total. The summed E-state index contributed by atoms with van der Waals surface area (Å²) in [5.41, 5.74) is 1.37. The van der Waals surface area contributed by atoms with Gasteiger partial charge in [0.1, 0.15) is 0 Å². The van der Waals surface area contributed by atoms with Gasteiger partial charge < -0.3 is 5.41 Å². The lowest BCUT2D eigenvalue weighted by Gasteiger charge is -2.13. The predicted octanol–water partition coefficient (Wildman–Crippen LogP) is 3.61. The highest BCUT2D eigenvalue weighted by atomic mass is 14.3. The molecule has 1 unspecified atom stereocenters. The Bertz CT molecular complexity index is 241. The van der Waals surface area contributed by atoms with Crippen molar-refractivity contribution in [2.75, 3.05) is 0 Å². The van der Waals surface area contributed by atoms with E-state index in [-0.39, 0.29) is 0 Å². The molecular formula is C12H17N. The van der Waals surface area contributed by atoms with Crippen LogP contribution in [0.4, 0.5) is 0 Å². The lowest BCUT2D eigenvalue weighted by molar-refractivity contribution is 0.637. The van der Waals surface area contributed by atoms with Gasteiger partial charge in [-0.3, -0.25) is 0 Å². The third-order valence-corrected chi connectivity index (χ3v) is 2.31. The summed E-state index contributed by atoms with van der Waals surface area (Å²) >= 11 is 0. The van der Waals surface area contributed by atoms with Gasteiger partial charge in [0, 0.05) is 0 Å². The minimum Gasteiger partial charge on any atom is -0.313 e. The zero-order valence-electron chi connectivity index (χ0n) is 8.16. The van der Waals surface area contributed by atoms with Crippen molar-refractivity contribution in [3.63, 3.8) is 0 Å². The SMILES string of the molecule is CCCC(CC=N)c1ccccc1. The molecule has 0 saturated carbocycles. The number of hydrogen-bond donors (Lipinski definition) is 1. The first-order valence-corrected chi connectivity index (χ1v) is 4.92. The summed E-state index contributed by atoms with van der Waals surface area (Å²) in [5, 5.41) is 7.14. The van der Waals surface area contributed by atoms with Crippen molar-refractivity contribution in [2.45, 2.75) is 32.1 Å². The summed E-state index contributed by atoms with van der Waals surface area (Å²) in [5.74, 6) is 0.545. The van der Waals surface area contributed by atoms with Crippen molar-refractivity contribution in [3.05, 3.63) is 35.9 Å². The molecule has 0 aliphatic carbocycles. The van der Waals surface area contributed by atoms with Crippen LogP contribution in [0.2, 0.25) is 0 Å². The van der Waals surface area contributed by atoms with Crippen molar-refractivity contribution in [1.29, 1.82) is 5.41 Å². The zero-order chi connectivity index (χ0) is 9.52. The molecule has 1 aromatic rings. The van der Waals surface area contributed by atoms with Gasteiger partial charge in [0.05, 0.1) is 0 Å². The van der Waals surface area contributed by atoms with E-state index in [0.29, 0.717) is 5.92 Å². The Morgan fingerprint density at radius 3 is 2.54 bits per heavy atom. The fourth-order valence-corrected chi connectivity index (χ4v) is 1.64. The summed E-state index contributed by atoms with van der Waals surface area (Å²) in [6, 6.07) is 10.5. The maximum absolute atomic E-state index is 7.14. The maximum Gasteiger partial charge on any atom is -0.00417 e. The summed E-state index contributed by atoms with van der Waals surface area (Å²) in [7, 11) is 0. The molecule has 1 rings (SSSR count). The van der Waals surface area contributed by atoms with Gasteiger partial charge in [-0.25, -0.2) is 0 Å². The molecule has 1 aromatic carbocycles. The van der Waals surface area contributed by atoms with Gasteiger partial charge in [0.15, 0.2) is 0 Å². The van der Waals surface area contributed by atoms with Gasteiger partial charge in [-0.15, -0.1) is 0 Å². The largest absolute Gasteiger partial charge is 0.313 e. The Labute approximate surface area is 80.3 Å². The predicted molar refractivity (Wildman–Crippen MR) is 57.5 cm³/mol. The lowest BCUT2D eigenvalue weighted by Crippen LogP contribution is -1.98. The van der Waals surface area contributed by atoms with E-state index in [1.807, 2.05) is 6.07 Å². The van der Waals surface area contributed by atoms with E-state index < -0.39 is 0 Å². The molecule has 0 aliphatic rings. The third-order valence-electron chi connectivity index (χ3n) is 2.31. The summed E-state index contributed by atoms with van der Waals surface area (Å²) in [6.45, 7) is 2.19. The van der Waals surface area contributed by atoms with Crippen molar-refractivity contribution in [1.82, 2.24) is 0 Å². The van der Waals surface area contributed by atoms with Gasteiger partial charge in [-0.2, -0.15) is 0 Å². The van der Waals surface area contributed by atoms with Gasteiger partial charge in [0.25, 0.3) is 0 Å². The highest BCUT2D eigenvalue weighted by Gasteiger charge is 2.07. The van der Waals surface area contributed by atoms with Crippen LogP contribution in [0.25, 0.3) is 0 Å². The highest BCUT2D eigenvalue weighted by molar-refractivity contribution is 5.54. The summed E-state index contributed by atoms with van der Waals surface area (Å²) in [6.07, 6.45) is 4.76. The van der Waals surface area contributed by atoms with E-state index in [2.05, 4.69) is 31.2 Å². The van der Waals surface area contributed by atoms with E-state index in [4.69, 9.17) is 5.41 Å². The van der Waals surface area contributed by atoms with Crippen LogP contribution in [0.15, 0.2) is 30.3 Å². The van der Waals surface area contributed by atoms with Crippen LogP contribution in [-0.2, 0) is 0 Å². The molecule has 0 bridgehead atoms. The minimum atomic E-state index is 0.545. The standard InChI is InChI=1S/C12H17N/c1-2-6-11(9-10-13)12-7-4-3-5-8-12/h3-5,7-8,10-11,13H,2,6,9H2,1H3. The normalized spacial score (nSPS) is 12.4. The van der Waals surface area contributed by atoms with Gasteiger partial charge in [0.2, 0.25) is 0 Å². The second-order valence-electron chi connectivity index (χ2n) is 3.34. The number of hydrogen-bond acceptors (Lipinski definition) is 1. The Morgan fingerprint density at radius 1 is 1.31 bits per heavy atom. The number of benzene rings is 1. The van der Waals surface area contributed by atoms with Crippen LogP contribution >= 0.6 is 0 Å². The Balaban J connectivity index is 2.69. The van der Waals surface area contributed by atoms with E-state index in [0.717, 1.165) is 6.42 Å². The lowest BCUT2D eigenvalue weighted by atomic mass is 9.92. The van der Waals surface area contributed by atoms with Gasteiger partial charge in [-0.05, 0) is 30.5 Å². The quantitative estimate of drug-likeness (QED) is 0.661. The topological polar surface area (TPSA) is 23.9 Å². The van der Waals surface area contributed by atoms with E-state index >= 15 is 0 Å². The maximum atomic E-state index is 7.14. The Kier molecular flexibility index (Phi) is 4.24. The molecule has 1 N–H and O–H groups in total. The summed E-state index contributed by atoms with van der Waals surface area (Å²) < 4.78 is 0. The van der Waals surface area contributed by atoms with E-state index in [1.54, 1.807) is 0 Å². The third kappa shape index (κ3) is 3.02. The molecule has 0 aliphatic heterocycles. The van der Waals surface area contributed by atoms with Crippen molar-refractivity contribution >= 4 is 6.21 Å². The average molecular weight is 175 g/mol. The zero-order valence-corrected chi connectivity index (χ0v) is 8.16. The molecule has 0 saturated heterocycles. The van der Waals surface area contributed by atoms with Crippen LogP contribution in [0.3, 0.4) is 0 Å². The molecule has 13 heavy (non-hydrogen) atoms. The average Bonchev–Trinajstić information content (AvgIpc) is 2.19. The van der Waals surface area contributed by atoms with Crippen molar-refractivity contribution < 1.29 is 0 Å². The minimum absolute atomic E-state index is 0.545. The molecule has 1 heteroatoms. The molecule has 1 atom stereocenters. The van der Waals surface area contributed by atoms with Crippen molar-refractivity contribution in [2.24, 2.45) is 0 Å². The van der Waals surface area contributed by atoms with E-state index in [1.165, 1.54) is 24.6 Å². The monoisotopic (exact) mass is 175 g/mol. The molecule has 0 spiro atoms. The fourth-order valence-electron chi connectivity index (χ4n) is 1.64. The van der Waals surface area contributed by atoms with Crippen LogP contribution < -0.4 is 0 Å². The first-order valence-electron chi connectivity index (χ1n) is 4.92. The smallest absolute Gasteiger partial charge is 0.00417 e. The molecule has 0 fully saturated rings. The molecule has 70 valence electrons. The number of rotatable bonds is 5. The molecular weight excluding hydrogens is 158 g/mol. The molecule has 0 aromatic heterocycles. The van der Waals surface area contributed by atoms with E-state index in [9.17, 15) is 0 Å². The molecule has 0 amide bonds. The Hall–Kier alpha value is -1.11. The number of nitrogens with one attached hydrogen (secondary N) is 1.